The van der Waals surface area contributed by atoms with Crippen LogP contribution < -0.4 is 0 Å². The largest absolute Gasteiger partial charge is 0.462 e. The summed E-state index contributed by atoms with van der Waals surface area (Å²) in [5, 5.41) is 0.835. The van der Waals surface area contributed by atoms with Crippen LogP contribution in [0.3, 0.4) is 0 Å². The zero-order chi connectivity index (χ0) is 8.97. The second kappa shape index (κ2) is 4.47. The van der Waals surface area contributed by atoms with Gasteiger partial charge in [-0.15, -0.1) is 11.3 Å². The van der Waals surface area contributed by atoms with E-state index < -0.39 is 0 Å². The Morgan fingerprint density at radius 2 is 2.58 bits per heavy atom. The lowest BCUT2D eigenvalue weighted by Gasteiger charge is -1.95. The lowest BCUT2D eigenvalue weighted by atomic mass is 10.6. The number of thiol groups is 1. The fourth-order valence-electron chi connectivity index (χ4n) is 0.680. The fraction of sp³-hybridized carbons (Fsp3) is 0.429. The predicted octanol–water partition coefficient (Wildman–Crippen LogP) is 1.75. The third-order valence-corrected chi connectivity index (χ3v) is 2.66. The molecule has 0 unspecified atom stereocenters. The van der Waals surface area contributed by atoms with Gasteiger partial charge in [0, 0.05) is 5.75 Å². The molecule has 0 bridgehead atoms. The lowest BCUT2D eigenvalue weighted by molar-refractivity contribution is 0.0532. The molecule has 0 aliphatic carbocycles. The highest BCUT2D eigenvalue weighted by molar-refractivity contribution is 7.79. The molecule has 0 amide bonds. The van der Waals surface area contributed by atoms with Crippen molar-refractivity contribution in [2.45, 2.75) is 12.7 Å². The van der Waals surface area contributed by atoms with Crippen LogP contribution in [0.4, 0.5) is 0 Å². The second-order valence-electron chi connectivity index (χ2n) is 2.00. The zero-order valence-corrected chi connectivity index (χ0v) is 8.32. The fourth-order valence-corrected chi connectivity index (χ4v) is 1.63. The lowest BCUT2D eigenvalue weighted by Crippen LogP contribution is -2.01. The Hall–Kier alpha value is -0.550. The number of thiazole rings is 1. The van der Waals surface area contributed by atoms with Crippen molar-refractivity contribution in [2.75, 3.05) is 6.61 Å². The van der Waals surface area contributed by atoms with Gasteiger partial charge in [-0.1, -0.05) is 0 Å². The highest BCUT2D eigenvalue weighted by atomic mass is 32.1. The van der Waals surface area contributed by atoms with E-state index in [2.05, 4.69) is 17.6 Å². The van der Waals surface area contributed by atoms with Crippen LogP contribution >= 0.6 is 24.0 Å². The Morgan fingerprint density at radius 1 is 1.83 bits per heavy atom. The van der Waals surface area contributed by atoms with E-state index in [1.165, 1.54) is 17.5 Å². The van der Waals surface area contributed by atoms with Gasteiger partial charge in [0.05, 0.1) is 12.8 Å². The molecule has 3 nitrogen and oxygen atoms in total. The number of aromatic nitrogens is 1. The maximum atomic E-state index is 11.1. The molecule has 5 heteroatoms. The van der Waals surface area contributed by atoms with E-state index >= 15 is 0 Å². The van der Waals surface area contributed by atoms with Crippen molar-refractivity contribution in [1.29, 1.82) is 0 Å². The highest BCUT2D eigenvalue weighted by Gasteiger charge is 2.09. The average molecular weight is 203 g/mol. The van der Waals surface area contributed by atoms with Crippen molar-refractivity contribution in [3.05, 3.63) is 16.1 Å². The number of nitrogens with zero attached hydrogens (tertiary/aromatic N) is 1. The molecule has 0 radical (unpaired) electrons. The number of esters is 1. The quantitative estimate of drug-likeness (QED) is 0.601. The minimum absolute atomic E-state index is 0.303. The van der Waals surface area contributed by atoms with Gasteiger partial charge in [0.1, 0.15) is 9.88 Å². The SMILES string of the molecule is CCOC(=O)c1cnc(CS)s1. The molecule has 0 aliphatic rings. The Balaban J connectivity index is 2.68. The summed E-state index contributed by atoms with van der Waals surface area (Å²) in [4.78, 5) is 15.6. The monoisotopic (exact) mass is 203 g/mol. The van der Waals surface area contributed by atoms with E-state index in [1.54, 1.807) is 6.92 Å². The maximum absolute atomic E-state index is 11.1. The minimum atomic E-state index is -0.303. The Labute approximate surface area is 80.2 Å². The van der Waals surface area contributed by atoms with E-state index in [0.29, 0.717) is 17.2 Å². The third kappa shape index (κ3) is 2.22. The Kier molecular flexibility index (Phi) is 3.55. The molecule has 0 N–H and O–H groups in total. The molecule has 0 atom stereocenters. The molecule has 1 heterocycles. The standard InChI is InChI=1S/C7H9NO2S2/c1-2-10-7(9)5-3-8-6(4-11)12-5/h3,11H,2,4H2,1H3. The van der Waals surface area contributed by atoms with Crippen molar-refractivity contribution < 1.29 is 9.53 Å². The molecule has 1 aromatic rings. The molecule has 0 saturated heterocycles. The molecule has 12 heavy (non-hydrogen) atoms. The van der Waals surface area contributed by atoms with Crippen molar-refractivity contribution >= 4 is 29.9 Å². The van der Waals surface area contributed by atoms with E-state index in [1.807, 2.05) is 0 Å². The molecule has 1 aromatic heterocycles. The van der Waals surface area contributed by atoms with Crippen LogP contribution in [-0.4, -0.2) is 17.6 Å². The van der Waals surface area contributed by atoms with Crippen LogP contribution in [0.1, 0.15) is 21.6 Å². The van der Waals surface area contributed by atoms with Crippen molar-refractivity contribution in [3.8, 4) is 0 Å². The summed E-state index contributed by atoms with van der Waals surface area (Å²) < 4.78 is 4.79. The van der Waals surface area contributed by atoms with Crippen molar-refractivity contribution in [3.63, 3.8) is 0 Å². The summed E-state index contributed by atoms with van der Waals surface area (Å²) in [5.41, 5.74) is 0. The van der Waals surface area contributed by atoms with Crippen LogP contribution in [0.25, 0.3) is 0 Å². The van der Waals surface area contributed by atoms with Crippen LogP contribution in [0, 0.1) is 0 Å². The highest BCUT2D eigenvalue weighted by Crippen LogP contribution is 2.15. The molecule has 0 spiro atoms. The summed E-state index contributed by atoms with van der Waals surface area (Å²) >= 11 is 5.36. The Morgan fingerprint density at radius 3 is 3.08 bits per heavy atom. The first-order valence-corrected chi connectivity index (χ1v) is 4.95. The summed E-state index contributed by atoms with van der Waals surface area (Å²) in [5.74, 6) is 0.257. The molecule has 1 rings (SSSR count). The number of carbonyl (C=O) groups excluding carboxylic acids is 1. The number of carbonyl (C=O) groups is 1. The first-order chi connectivity index (χ1) is 5.77. The Bertz CT molecular complexity index is 272. The molecule has 0 fully saturated rings. The van der Waals surface area contributed by atoms with Gasteiger partial charge in [-0.3, -0.25) is 0 Å². The van der Waals surface area contributed by atoms with Crippen LogP contribution in [0.15, 0.2) is 6.20 Å². The third-order valence-electron chi connectivity index (χ3n) is 1.17. The van der Waals surface area contributed by atoms with Gasteiger partial charge in [-0.05, 0) is 6.92 Å². The van der Waals surface area contributed by atoms with Crippen LogP contribution in [0.5, 0.6) is 0 Å². The summed E-state index contributed by atoms with van der Waals surface area (Å²) in [6.45, 7) is 2.17. The van der Waals surface area contributed by atoms with E-state index in [4.69, 9.17) is 4.74 Å². The van der Waals surface area contributed by atoms with Gasteiger partial charge >= 0.3 is 5.97 Å². The number of ether oxygens (including phenoxy) is 1. The second-order valence-corrected chi connectivity index (χ2v) is 3.43. The summed E-state index contributed by atoms with van der Waals surface area (Å²) in [7, 11) is 0. The molecule has 0 saturated carbocycles. The molecular formula is C7H9NO2S2. The van der Waals surface area contributed by atoms with Gasteiger partial charge < -0.3 is 4.74 Å². The van der Waals surface area contributed by atoms with E-state index in [0.717, 1.165) is 5.01 Å². The zero-order valence-electron chi connectivity index (χ0n) is 6.61. The van der Waals surface area contributed by atoms with Crippen LogP contribution in [-0.2, 0) is 10.5 Å². The smallest absolute Gasteiger partial charge is 0.349 e. The van der Waals surface area contributed by atoms with Gasteiger partial charge in [0.15, 0.2) is 0 Å². The van der Waals surface area contributed by atoms with E-state index in [-0.39, 0.29) is 5.97 Å². The van der Waals surface area contributed by atoms with E-state index in [9.17, 15) is 4.79 Å². The average Bonchev–Trinajstić information content (AvgIpc) is 2.52. The van der Waals surface area contributed by atoms with Gasteiger partial charge in [0.2, 0.25) is 0 Å². The van der Waals surface area contributed by atoms with Gasteiger partial charge in [-0.25, -0.2) is 9.78 Å². The van der Waals surface area contributed by atoms with Gasteiger partial charge in [-0.2, -0.15) is 12.6 Å². The number of hydrogen-bond acceptors (Lipinski definition) is 5. The summed E-state index contributed by atoms with van der Waals surface area (Å²) in [6.07, 6.45) is 1.52. The molecule has 0 aliphatic heterocycles. The first-order valence-electron chi connectivity index (χ1n) is 3.50. The van der Waals surface area contributed by atoms with Crippen LogP contribution in [0.2, 0.25) is 0 Å². The minimum Gasteiger partial charge on any atom is -0.462 e. The first kappa shape index (κ1) is 9.54. The predicted molar refractivity (Wildman–Crippen MR) is 50.8 cm³/mol. The molecule has 66 valence electrons. The van der Waals surface area contributed by atoms with Crippen molar-refractivity contribution in [1.82, 2.24) is 4.98 Å². The number of rotatable bonds is 3. The molecule has 0 aromatic carbocycles. The topological polar surface area (TPSA) is 39.2 Å². The van der Waals surface area contributed by atoms with Crippen molar-refractivity contribution in [2.24, 2.45) is 0 Å². The maximum Gasteiger partial charge on any atom is 0.349 e. The van der Waals surface area contributed by atoms with Gasteiger partial charge in [0.25, 0.3) is 0 Å². The number of hydrogen-bond donors (Lipinski definition) is 1. The summed E-state index contributed by atoms with van der Waals surface area (Å²) in [6, 6.07) is 0. The normalized spacial score (nSPS) is 9.83. The molecular weight excluding hydrogens is 194 g/mol.